The lowest BCUT2D eigenvalue weighted by Gasteiger charge is -1.99. The van der Waals surface area contributed by atoms with Crippen molar-refractivity contribution in [2.45, 2.75) is 13.8 Å². The lowest BCUT2D eigenvalue weighted by atomic mass is 10.1. The highest BCUT2D eigenvalue weighted by atomic mass is 15.5. The third-order valence-electron chi connectivity index (χ3n) is 5.09. The molecule has 0 aliphatic heterocycles. The molecule has 0 saturated carbocycles. The van der Waals surface area contributed by atoms with Crippen molar-refractivity contribution in [1.82, 2.24) is 24.8 Å². The number of aromatic nitrogens is 5. The normalized spacial score (nSPS) is 12.1. The maximum absolute atomic E-state index is 4.51. The van der Waals surface area contributed by atoms with E-state index >= 15 is 0 Å². The summed E-state index contributed by atoms with van der Waals surface area (Å²) in [6.45, 7) is 4.05. The zero-order valence-electron chi connectivity index (χ0n) is 16.6. The number of aromatic amines is 2. The molecule has 0 saturated heterocycles. The molecule has 0 radical (unpaired) electrons. The third-order valence-corrected chi connectivity index (χ3v) is 5.09. The molecule has 3 N–H and O–H groups in total. The zero-order chi connectivity index (χ0) is 20.5. The van der Waals surface area contributed by atoms with E-state index in [1.807, 2.05) is 50.2 Å². The van der Waals surface area contributed by atoms with Crippen LogP contribution in [-0.2, 0) is 0 Å². The van der Waals surface area contributed by atoms with Crippen LogP contribution >= 0.6 is 0 Å². The number of anilines is 1. The van der Waals surface area contributed by atoms with Gasteiger partial charge in [-0.15, -0.1) is 10.2 Å². The minimum Gasteiger partial charge on any atom is -0.358 e. The summed E-state index contributed by atoms with van der Waals surface area (Å²) in [5, 5.41) is 19.1. The van der Waals surface area contributed by atoms with Crippen molar-refractivity contribution in [1.29, 1.82) is 0 Å². The molecule has 2 aromatic carbocycles. The lowest BCUT2D eigenvalue weighted by molar-refractivity contribution is 0.879. The van der Waals surface area contributed by atoms with E-state index in [2.05, 4.69) is 47.9 Å². The largest absolute Gasteiger partial charge is 0.358 e. The molecule has 5 aromatic rings. The predicted octanol–water partition coefficient (Wildman–Crippen LogP) is 4.19. The van der Waals surface area contributed by atoms with Crippen molar-refractivity contribution in [3.63, 3.8) is 0 Å². The Kier molecular flexibility index (Phi) is 4.36. The summed E-state index contributed by atoms with van der Waals surface area (Å²) < 4.78 is 1.56. The van der Waals surface area contributed by atoms with E-state index in [0.29, 0.717) is 5.95 Å². The fourth-order valence-electron chi connectivity index (χ4n) is 3.59. The lowest BCUT2D eigenvalue weighted by Crippen LogP contribution is -1.99. The van der Waals surface area contributed by atoms with Gasteiger partial charge in [0.2, 0.25) is 0 Å². The quantitative estimate of drug-likeness (QED) is 0.307. The topological polar surface area (TPSA) is 99.0 Å². The summed E-state index contributed by atoms with van der Waals surface area (Å²) in [4.78, 5) is 6.73. The zero-order valence-corrected chi connectivity index (χ0v) is 16.6. The molecular formula is C22H20N8. The van der Waals surface area contributed by atoms with Gasteiger partial charge in [-0.05, 0) is 26.0 Å². The van der Waals surface area contributed by atoms with E-state index in [1.165, 1.54) is 6.33 Å². The summed E-state index contributed by atoms with van der Waals surface area (Å²) in [5.41, 5.74) is 9.25. The number of hydrogen-bond donors (Lipinski definition) is 3. The van der Waals surface area contributed by atoms with Crippen LogP contribution in [0.2, 0.25) is 0 Å². The first-order chi connectivity index (χ1) is 14.7. The van der Waals surface area contributed by atoms with Gasteiger partial charge in [0.1, 0.15) is 6.33 Å². The second kappa shape index (κ2) is 7.32. The molecule has 8 nitrogen and oxygen atoms in total. The van der Waals surface area contributed by atoms with Gasteiger partial charge in [-0.25, -0.2) is 5.43 Å². The number of nitrogens with zero attached hydrogens (tertiary/aromatic N) is 5. The number of hydrogen-bond acceptors (Lipinski definition) is 5. The van der Waals surface area contributed by atoms with Gasteiger partial charge >= 0.3 is 0 Å². The third kappa shape index (κ3) is 3.14. The number of rotatable bonds is 5. The second-order valence-corrected chi connectivity index (χ2v) is 7.03. The molecule has 3 heterocycles. The van der Waals surface area contributed by atoms with Crippen molar-refractivity contribution in [2.75, 3.05) is 5.43 Å². The summed E-state index contributed by atoms with van der Waals surface area (Å²) in [6, 6.07) is 16.3. The van der Waals surface area contributed by atoms with Crippen LogP contribution in [0.4, 0.5) is 5.95 Å². The Bertz CT molecular complexity index is 1400. The smallest absolute Gasteiger partial charge is 0.265 e. The molecular weight excluding hydrogens is 376 g/mol. The minimum atomic E-state index is 0.428. The number of fused-ring (bicyclic) bond motifs is 2. The summed E-state index contributed by atoms with van der Waals surface area (Å²) in [6.07, 6.45) is 5.12. The van der Waals surface area contributed by atoms with Gasteiger partial charge in [-0.2, -0.15) is 14.9 Å². The molecule has 0 spiro atoms. The monoisotopic (exact) mass is 396 g/mol. The second-order valence-electron chi connectivity index (χ2n) is 7.03. The molecule has 0 atom stereocenters. The van der Waals surface area contributed by atoms with E-state index in [0.717, 1.165) is 44.3 Å². The van der Waals surface area contributed by atoms with Crippen LogP contribution in [0, 0.1) is 13.8 Å². The van der Waals surface area contributed by atoms with Crippen LogP contribution in [0.15, 0.2) is 65.1 Å². The van der Waals surface area contributed by atoms with Crippen molar-refractivity contribution in [3.8, 4) is 0 Å². The van der Waals surface area contributed by atoms with Gasteiger partial charge in [-0.3, -0.25) is 0 Å². The molecule has 5 rings (SSSR count). The molecule has 3 aromatic heterocycles. The Morgan fingerprint density at radius 2 is 1.47 bits per heavy atom. The Hall–Kier alpha value is -4.20. The number of H-pyrrole nitrogens is 2. The number of aryl methyl sites for hydroxylation is 2. The van der Waals surface area contributed by atoms with Crippen LogP contribution in [0.5, 0.6) is 0 Å². The number of nitrogens with one attached hydrogen (secondary N) is 3. The molecule has 0 fully saturated rings. The standard InChI is InChI=1S/C22H20N8/c1-14-18(16-7-3-5-9-20(16)26-14)11-23-28-22-29-24-13-30(22)25-12-19-15(2)27-21-10-6-4-8-17(19)21/h3-13,26-27H,1-2H3,(H,28,29)/b23-11+,25-12+. The van der Waals surface area contributed by atoms with E-state index in [4.69, 9.17) is 0 Å². The van der Waals surface area contributed by atoms with Gasteiger partial charge in [0.05, 0.1) is 12.4 Å². The molecule has 8 heteroatoms. The number of hydrazone groups is 1. The van der Waals surface area contributed by atoms with Gasteiger partial charge < -0.3 is 9.97 Å². The Morgan fingerprint density at radius 1 is 0.867 bits per heavy atom. The van der Waals surface area contributed by atoms with Crippen molar-refractivity contribution in [3.05, 3.63) is 77.4 Å². The van der Waals surface area contributed by atoms with Gasteiger partial charge in [-0.1, -0.05) is 36.4 Å². The summed E-state index contributed by atoms with van der Waals surface area (Å²) in [5.74, 6) is 0.428. The van der Waals surface area contributed by atoms with Crippen LogP contribution in [0.3, 0.4) is 0 Å². The van der Waals surface area contributed by atoms with Crippen LogP contribution in [0.1, 0.15) is 22.5 Å². The molecule has 0 aliphatic carbocycles. The van der Waals surface area contributed by atoms with Crippen LogP contribution < -0.4 is 5.43 Å². The van der Waals surface area contributed by atoms with Crippen molar-refractivity contribution in [2.24, 2.45) is 10.2 Å². The number of benzene rings is 2. The highest BCUT2D eigenvalue weighted by Crippen LogP contribution is 2.21. The first-order valence-electron chi connectivity index (χ1n) is 9.59. The average molecular weight is 396 g/mol. The van der Waals surface area contributed by atoms with Crippen LogP contribution in [0.25, 0.3) is 21.8 Å². The first kappa shape index (κ1) is 17.9. The molecule has 0 aliphatic rings. The van der Waals surface area contributed by atoms with E-state index in [9.17, 15) is 0 Å². The maximum atomic E-state index is 4.51. The highest BCUT2D eigenvalue weighted by molar-refractivity contribution is 6.01. The molecule has 0 unspecified atom stereocenters. The highest BCUT2D eigenvalue weighted by Gasteiger charge is 2.08. The predicted molar refractivity (Wildman–Crippen MR) is 120 cm³/mol. The molecule has 30 heavy (non-hydrogen) atoms. The first-order valence-corrected chi connectivity index (χ1v) is 9.59. The summed E-state index contributed by atoms with van der Waals surface area (Å²) in [7, 11) is 0. The number of para-hydroxylation sites is 2. The van der Waals surface area contributed by atoms with Gasteiger partial charge in [0.15, 0.2) is 0 Å². The Balaban J connectivity index is 1.38. The fourth-order valence-corrected chi connectivity index (χ4v) is 3.59. The Morgan fingerprint density at radius 3 is 2.13 bits per heavy atom. The molecule has 148 valence electrons. The minimum absolute atomic E-state index is 0.428. The van der Waals surface area contributed by atoms with E-state index in [-0.39, 0.29) is 0 Å². The van der Waals surface area contributed by atoms with Crippen molar-refractivity contribution < 1.29 is 0 Å². The van der Waals surface area contributed by atoms with Gasteiger partial charge in [0, 0.05) is 44.3 Å². The SMILES string of the molecule is Cc1[nH]c2ccccc2c1/C=N/Nc1nncn1/N=C/c1c(C)[nH]c2ccccc12. The van der Waals surface area contributed by atoms with E-state index in [1.54, 1.807) is 17.1 Å². The molecule has 0 bridgehead atoms. The van der Waals surface area contributed by atoms with E-state index < -0.39 is 0 Å². The molecule has 0 amide bonds. The fraction of sp³-hybridized carbons (Fsp3) is 0.0909. The van der Waals surface area contributed by atoms with Crippen LogP contribution in [-0.4, -0.2) is 37.3 Å². The van der Waals surface area contributed by atoms with Gasteiger partial charge in [0.25, 0.3) is 5.95 Å². The average Bonchev–Trinajstić information content (AvgIpc) is 3.42. The Labute approximate surface area is 172 Å². The summed E-state index contributed by atoms with van der Waals surface area (Å²) >= 11 is 0. The maximum Gasteiger partial charge on any atom is 0.265 e. The van der Waals surface area contributed by atoms with Crippen molar-refractivity contribution >= 4 is 40.2 Å².